The zero-order valence-electron chi connectivity index (χ0n) is 16.6. The van der Waals surface area contributed by atoms with Crippen LogP contribution in [0.5, 0.6) is 0 Å². The molecule has 1 aliphatic heterocycles. The zero-order valence-corrected chi connectivity index (χ0v) is 18.9. The van der Waals surface area contributed by atoms with Crippen LogP contribution in [0.2, 0.25) is 0 Å². The standard InChI is InChI=1S/C19H32N4O2.HI/c1-6-14-13(15(7-2)25-23-14)11-21-18(20-5)22-16-12-9-8-10-24-17(12)19(16,3)4;/h12,16-17H,6-11H2,1-5H3,(H2,20,21,22);1H. The van der Waals surface area contributed by atoms with Crippen molar-refractivity contribution in [3.05, 3.63) is 17.0 Å². The normalized spacial score (nSPS) is 27.1. The first-order chi connectivity index (χ1) is 12.0. The van der Waals surface area contributed by atoms with E-state index in [1.807, 2.05) is 7.05 Å². The van der Waals surface area contributed by atoms with Gasteiger partial charge >= 0.3 is 0 Å². The van der Waals surface area contributed by atoms with Gasteiger partial charge in [-0.05, 0) is 19.3 Å². The Morgan fingerprint density at radius 2 is 2.08 bits per heavy atom. The molecule has 0 aromatic carbocycles. The average molecular weight is 476 g/mol. The van der Waals surface area contributed by atoms with E-state index in [0.29, 0.717) is 24.6 Å². The van der Waals surface area contributed by atoms with Gasteiger partial charge in [0.15, 0.2) is 5.96 Å². The van der Waals surface area contributed by atoms with Crippen LogP contribution in [0.25, 0.3) is 0 Å². The molecule has 2 heterocycles. The molecule has 3 rings (SSSR count). The Morgan fingerprint density at radius 1 is 1.31 bits per heavy atom. The minimum absolute atomic E-state index is 0. The minimum Gasteiger partial charge on any atom is -0.377 e. The lowest BCUT2D eigenvalue weighted by Crippen LogP contribution is -2.71. The molecule has 0 spiro atoms. The molecule has 1 aliphatic carbocycles. The molecule has 26 heavy (non-hydrogen) atoms. The molecule has 1 saturated carbocycles. The number of nitrogens with zero attached hydrogens (tertiary/aromatic N) is 2. The van der Waals surface area contributed by atoms with E-state index < -0.39 is 0 Å². The van der Waals surface area contributed by atoms with Gasteiger partial charge in [-0.2, -0.15) is 0 Å². The molecule has 0 amide bonds. The summed E-state index contributed by atoms with van der Waals surface area (Å²) < 4.78 is 11.4. The van der Waals surface area contributed by atoms with Crippen molar-refractivity contribution < 1.29 is 9.26 Å². The van der Waals surface area contributed by atoms with Crippen LogP contribution in [0.3, 0.4) is 0 Å². The number of aryl methyl sites for hydroxylation is 2. The highest BCUT2D eigenvalue weighted by Crippen LogP contribution is 2.51. The highest BCUT2D eigenvalue weighted by atomic mass is 127. The van der Waals surface area contributed by atoms with Crippen molar-refractivity contribution in [3.8, 4) is 0 Å². The van der Waals surface area contributed by atoms with Gasteiger partial charge in [-0.25, -0.2) is 0 Å². The van der Waals surface area contributed by atoms with Gasteiger partial charge in [0.05, 0.1) is 11.8 Å². The van der Waals surface area contributed by atoms with Crippen molar-refractivity contribution in [3.63, 3.8) is 0 Å². The van der Waals surface area contributed by atoms with E-state index in [9.17, 15) is 0 Å². The highest BCUT2D eigenvalue weighted by Gasteiger charge is 2.58. The number of aliphatic imine (C=N–C) groups is 1. The molecule has 7 heteroatoms. The van der Waals surface area contributed by atoms with Crippen molar-refractivity contribution in [1.82, 2.24) is 15.8 Å². The van der Waals surface area contributed by atoms with Crippen molar-refractivity contribution >= 4 is 29.9 Å². The van der Waals surface area contributed by atoms with E-state index in [1.54, 1.807) is 0 Å². The topological polar surface area (TPSA) is 71.7 Å². The Bertz CT molecular complexity index is 608. The van der Waals surface area contributed by atoms with Gasteiger partial charge in [-0.3, -0.25) is 4.99 Å². The number of hydrogen-bond acceptors (Lipinski definition) is 4. The van der Waals surface area contributed by atoms with Crippen molar-refractivity contribution in [2.45, 2.75) is 72.1 Å². The van der Waals surface area contributed by atoms with E-state index in [1.165, 1.54) is 12.0 Å². The van der Waals surface area contributed by atoms with Crippen molar-refractivity contribution in [2.75, 3.05) is 13.7 Å². The quantitative estimate of drug-likeness (QED) is 0.388. The van der Waals surface area contributed by atoms with Gasteiger partial charge in [-0.1, -0.05) is 32.9 Å². The number of guanidine groups is 1. The van der Waals surface area contributed by atoms with Gasteiger partial charge in [-0.15, -0.1) is 24.0 Å². The molecule has 3 unspecified atom stereocenters. The molecule has 2 N–H and O–H groups in total. The summed E-state index contributed by atoms with van der Waals surface area (Å²) in [5.74, 6) is 2.38. The largest absolute Gasteiger partial charge is 0.377 e. The average Bonchev–Trinajstić information content (AvgIpc) is 3.03. The highest BCUT2D eigenvalue weighted by molar-refractivity contribution is 14.0. The number of aromatic nitrogens is 1. The van der Waals surface area contributed by atoms with Crippen LogP contribution in [0.4, 0.5) is 0 Å². The van der Waals surface area contributed by atoms with Crippen LogP contribution in [0.1, 0.15) is 57.6 Å². The second kappa shape index (κ2) is 8.91. The van der Waals surface area contributed by atoms with Gasteiger partial charge in [0.2, 0.25) is 0 Å². The number of ether oxygens (including phenoxy) is 1. The van der Waals surface area contributed by atoms with Crippen LogP contribution in [-0.2, 0) is 24.1 Å². The van der Waals surface area contributed by atoms with Gasteiger partial charge < -0.3 is 19.9 Å². The third-order valence-corrected chi connectivity index (χ3v) is 5.89. The van der Waals surface area contributed by atoms with E-state index in [2.05, 4.69) is 48.5 Å². The number of fused-ring (bicyclic) bond motifs is 1. The molecule has 2 aliphatic rings. The first-order valence-corrected chi connectivity index (χ1v) is 9.57. The molecule has 3 atom stereocenters. The van der Waals surface area contributed by atoms with Crippen LogP contribution >= 0.6 is 24.0 Å². The predicted octanol–water partition coefficient (Wildman–Crippen LogP) is 3.29. The summed E-state index contributed by atoms with van der Waals surface area (Å²) in [4.78, 5) is 4.43. The SMILES string of the molecule is CCc1noc(CC)c1CNC(=NC)NC1C2CCCOC2C1(C)C.I. The Balaban J connectivity index is 0.00000243. The first kappa shape index (κ1) is 21.5. The van der Waals surface area contributed by atoms with Gasteiger partial charge in [0.1, 0.15) is 5.76 Å². The molecule has 2 fully saturated rings. The fraction of sp³-hybridized carbons (Fsp3) is 0.789. The van der Waals surface area contributed by atoms with E-state index in [-0.39, 0.29) is 29.4 Å². The van der Waals surface area contributed by atoms with Crippen molar-refractivity contribution in [2.24, 2.45) is 16.3 Å². The third-order valence-electron chi connectivity index (χ3n) is 5.89. The summed E-state index contributed by atoms with van der Waals surface area (Å²) in [6, 6.07) is 0.391. The summed E-state index contributed by atoms with van der Waals surface area (Å²) in [6.45, 7) is 10.4. The van der Waals surface area contributed by atoms with Crippen LogP contribution < -0.4 is 10.6 Å². The lowest BCUT2D eigenvalue weighted by Gasteiger charge is -2.60. The molecule has 0 radical (unpaired) electrons. The summed E-state index contributed by atoms with van der Waals surface area (Å²) in [6.07, 6.45) is 4.49. The maximum Gasteiger partial charge on any atom is 0.191 e. The molecule has 1 saturated heterocycles. The van der Waals surface area contributed by atoms with Gasteiger partial charge in [0, 0.05) is 49.6 Å². The molecule has 1 aromatic rings. The summed E-state index contributed by atoms with van der Waals surface area (Å²) >= 11 is 0. The second-order valence-corrected chi connectivity index (χ2v) is 7.70. The molecule has 6 nitrogen and oxygen atoms in total. The van der Waals surface area contributed by atoms with E-state index in [4.69, 9.17) is 9.26 Å². The maximum absolute atomic E-state index is 6.00. The number of halogens is 1. The lowest BCUT2D eigenvalue weighted by atomic mass is 9.55. The molecule has 148 valence electrons. The van der Waals surface area contributed by atoms with E-state index in [0.717, 1.165) is 43.3 Å². The van der Waals surface area contributed by atoms with Crippen LogP contribution in [0.15, 0.2) is 9.52 Å². The Morgan fingerprint density at radius 3 is 2.73 bits per heavy atom. The minimum atomic E-state index is 0. The fourth-order valence-electron chi connectivity index (χ4n) is 4.47. The van der Waals surface area contributed by atoms with Gasteiger partial charge in [0.25, 0.3) is 0 Å². The summed E-state index contributed by atoms with van der Waals surface area (Å²) in [7, 11) is 1.82. The molecular weight excluding hydrogens is 443 g/mol. The maximum atomic E-state index is 6.00. The lowest BCUT2D eigenvalue weighted by molar-refractivity contribution is -0.188. The Kier molecular flexibility index (Phi) is 7.35. The Hall–Kier alpha value is -0.830. The first-order valence-electron chi connectivity index (χ1n) is 9.57. The summed E-state index contributed by atoms with van der Waals surface area (Å²) in [5, 5.41) is 11.3. The second-order valence-electron chi connectivity index (χ2n) is 7.70. The summed E-state index contributed by atoms with van der Waals surface area (Å²) in [5.41, 5.74) is 2.33. The fourth-order valence-corrected chi connectivity index (χ4v) is 4.47. The third kappa shape index (κ3) is 3.88. The predicted molar refractivity (Wildman–Crippen MR) is 114 cm³/mol. The van der Waals surface area contributed by atoms with Crippen LogP contribution in [-0.4, -0.2) is 36.9 Å². The van der Waals surface area contributed by atoms with Crippen molar-refractivity contribution in [1.29, 1.82) is 0 Å². The molecule has 1 aromatic heterocycles. The number of hydrogen-bond donors (Lipinski definition) is 2. The molecular formula is C19H33IN4O2. The molecule has 0 bridgehead atoms. The smallest absolute Gasteiger partial charge is 0.191 e. The number of nitrogens with one attached hydrogen (secondary N) is 2. The van der Waals surface area contributed by atoms with E-state index >= 15 is 0 Å². The number of rotatable bonds is 5. The monoisotopic (exact) mass is 476 g/mol. The van der Waals surface area contributed by atoms with Crippen LogP contribution in [0, 0.1) is 11.3 Å². The zero-order chi connectivity index (χ0) is 18.0. The Labute approximate surface area is 173 Å².